The number of imidazole rings is 1. The minimum Gasteiger partial charge on any atom is -0.341 e. The van der Waals surface area contributed by atoms with Crippen LogP contribution in [0.25, 0.3) is 11.3 Å². The number of imide groups is 1. The molecule has 1 unspecified atom stereocenters. The number of hydrogen-bond donors (Lipinski definition) is 2. The molecule has 1 aromatic heterocycles. The predicted octanol–water partition coefficient (Wildman–Crippen LogP) is 2.51. The minimum absolute atomic E-state index is 0.346. The van der Waals surface area contributed by atoms with E-state index < -0.39 is 11.3 Å². The Kier molecular flexibility index (Phi) is 5.81. The second kappa shape index (κ2) is 7.82. The lowest BCUT2D eigenvalue weighted by atomic mass is 10.2. The molecule has 1 aromatic carbocycles. The number of thioether (sulfide) groups is 1. The molecule has 2 rings (SSSR count). The fraction of sp³-hybridized carbons (Fsp3) is 0.312. The van der Waals surface area contributed by atoms with Gasteiger partial charge < -0.3 is 9.88 Å². The normalized spacial score (nSPS) is 11.8. The van der Waals surface area contributed by atoms with E-state index in [2.05, 4.69) is 20.2 Å². The standard InChI is InChI=1S/C16H20N4O2S/c1-4-20-13(12-8-6-5-7-9-12)10-18-16(20)23-11(2)14(21)19-15(22)17-3/h5-11H,4H2,1-3H3,(H2,17,19,21,22). The first kappa shape index (κ1) is 17.1. The van der Waals surface area contributed by atoms with Gasteiger partial charge in [-0.25, -0.2) is 9.78 Å². The van der Waals surface area contributed by atoms with Crippen LogP contribution in [0, 0.1) is 0 Å². The van der Waals surface area contributed by atoms with Crippen molar-refractivity contribution in [1.82, 2.24) is 20.2 Å². The summed E-state index contributed by atoms with van der Waals surface area (Å²) in [7, 11) is 1.47. The molecule has 0 aliphatic heterocycles. The Bertz CT molecular complexity index is 685. The average molecular weight is 332 g/mol. The Balaban J connectivity index is 2.16. The summed E-state index contributed by atoms with van der Waals surface area (Å²) >= 11 is 1.33. The molecule has 0 saturated carbocycles. The van der Waals surface area contributed by atoms with E-state index in [0.29, 0.717) is 0 Å². The van der Waals surface area contributed by atoms with Gasteiger partial charge in [-0.1, -0.05) is 42.1 Å². The smallest absolute Gasteiger partial charge is 0.321 e. The summed E-state index contributed by atoms with van der Waals surface area (Å²) in [6.07, 6.45) is 1.81. The zero-order valence-corrected chi connectivity index (χ0v) is 14.2. The molecule has 6 nitrogen and oxygen atoms in total. The third-order valence-corrected chi connectivity index (χ3v) is 4.42. The lowest BCUT2D eigenvalue weighted by Crippen LogP contribution is -2.41. The van der Waals surface area contributed by atoms with Crippen molar-refractivity contribution in [2.75, 3.05) is 7.05 Å². The molecule has 0 radical (unpaired) electrons. The summed E-state index contributed by atoms with van der Waals surface area (Å²) in [4.78, 5) is 27.6. The lowest BCUT2D eigenvalue weighted by molar-refractivity contribution is -0.119. The Hall–Kier alpha value is -2.28. The third-order valence-electron chi connectivity index (χ3n) is 3.32. The van der Waals surface area contributed by atoms with Crippen LogP contribution in [0.1, 0.15) is 13.8 Å². The van der Waals surface area contributed by atoms with Gasteiger partial charge in [-0.3, -0.25) is 10.1 Å². The fourth-order valence-electron chi connectivity index (χ4n) is 2.09. The van der Waals surface area contributed by atoms with Gasteiger partial charge in [-0.05, 0) is 19.4 Å². The first-order valence-corrected chi connectivity index (χ1v) is 8.25. The van der Waals surface area contributed by atoms with Crippen LogP contribution in [0.3, 0.4) is 0 Å². The van der Waals surface area contributed by atoms with E-state index in [1.165, 1.54) is 18.8 Å². The number of amides is 3. The van der Waals surface area contributed by atoms with Gasteiger partial charge in [-0.2, -0.15) is 0 Å². The van der Waals surface area contributed by atoms with Crippen molar-refractivity contribution in [3.63, 3.8) is 0 Å². The number of nitrogens with zero attached hydrogens (tertiary/aromatic N) is 2. The van der Waals surface area contributed by atoms with Crippen LogP contribution in [-0.2, 0) is 11.3 Å². The van der Waals surface area contributed by atoms with Crippen molar-refractivity contribution < 1.29 is 9.59 Å². The number of carbonyl (C=O) groups excluding carboxylic acids is 2. The van der Waals surface area contributed by atoms with Crippen LogP contribution in [0.15, 0.2) is 41.7 Å². The topological polar surface area (TPSA) is 76.0 Å². The Morgan fingerprint density at radius 1 is 1.30 bits per heavy atom. The summed E-state index contributed by atoms with van der Waals surface area (Å²) in [5.74, 6) is -0.346. The average Bonchev–Trinajstić information content (AvgIpc) is 2.97. The van der Waals surface area contributed by atoms with Gasteiger partial charge in [0.1, 0.15) is 0 Å². The van der Waals surface area contributed by atoms with E-state index in [1.54, 1.807) is 6.92 Å². The molecule has 0 bridgehead atoms. The SMILES string of the molecule is CCn1c(-c2ccccc2)cnc1SC(C)C(=O)NC(=O)NC. The van der Waals surface area contributed by atoms with Crippen LogP contribution in [0.4, 0.5) is 4.79 Å². The van der Waals surface area contributed by atoms with Gasteiger partial charge in [0.05, 0.1) is 17.1 Å². The van der Waals surface area contributed by atoms with E-state index in [0.717, 1.165) is 23.0 Å². The van der Waals surface area contributed by atoms with Gasteiger partial charge in [0.2, 0.25) is 5.91 Å². The molecule has 2 N–H and O–H groups in total. The highest BCUT2D eigenvalue weighted by molar-refractivity contribution is 8.00. The highest BCUT2D eigenvalue weighted by Crippen LogP contribution is 2.28. The van der Waals surface area contributed by atoms with Gasteiger partial charge in [0, 0.05) is 13.6 Å². The molecule has 0 spiro atoms. The van der Waals surface area contributed by atoms with E-state index >= 15 is 0 Å². The van der Waals surface area contributed by atoms with Crippen molar-refractivity contribution in [2.45, 2.75) is 30.8 Å². The Labute approximate surface area is 139 Å². The summed E-state index contributed by atoms with van der Waals surface area (Å²) in [6.45, 7) is 4.53. The summed E-state index contributed by atoms with van der Waals surface area (Å²) in [5.41, 5.74) is 2.09. The predicted molar refractivity (Wildman–Crippen MR) is 91.3 cm³/mol. The van der Waals surface area contributed by atoms with Gasteiger partial charge in [0.15, 0.2) is 5.16 Å². The monoisotopic (exact) mass is 332 g/mol. The number of aromatic nitrogens is 2. The van der Waals surface area contributed by atoms with Gasteiger partial charge >= 0.3 is 6.03 Å². The van der Waals surface area contributed by atoms with Gasteiger partial charge in [0.25, 0.3) is 0 Å². The van der Waals surface area contributed by atoms with E-state index in [4.69, 9.17) is 0 Å². The number of nitrogens with one attached hydrogen (secondary N) is 2. The number of carbonyl (C=O) groups is 2. The zero-order valence-electron chi connectivity index (χ0n) is 13.4. The molecular weight excluding hydrogens is 312 g/mol. The van der Waals surface area contributed by atoms with Crippen LogP contribution in [0.5, 0.6) is 0 Å². The van der Waals surface area contributed by atoms with Crippen LogP contribution < -0.4 is 10.6 Å². The molecule has 0 aliphatic carbocycles. The second-order valence-electron chi connectivity index (χ2n) is 4.86. The maximum Gasteiger partial charge on any atom is 0.321 e. The first-order chi connectivity index (χ1) is 11.1. The van der Waals surface area contributed by atoms with Crippen LogP contribution in [-0.4, -0.2) is 33.8 Å². The molecule has 0 saturated heterocycles. The van der Waals surface area contributed by atoms with Crippen molar-refractivity contribution >= 4 is 23.7 Å². The van der Waals surface area contributed by atoms with Crippen LogP contribution in [0.2, 0.25) is 0 Å². The van der Waals surface area contributed by atoms with Crippen molar-refractivity contribution in [3.8, 4) is 11.3 Å². The quantitative estimate of drug-likeness (QED) is 0.825. The Morgan fingerprint density at radius 3 is 2.61 bits per heavy atom. The molecule has 0 fully saturated rings. The summed E-state index contributed by atoms with van der Waals surface area (Å²) < 4.78 is 2.06. The van der Waals surface area contributed by atoms with Gasteiger partial charge in [-0.15, -0.1) is 0 Å². The fourth-order valence-corrected chi connectivity index (χ4v) is 3.04. The molecule has 1 atom stereocenters. The highest BCUT2D eigenvalue weighted by atomic mass is 32.2. The lowest BCUT2D eigenvalue weighted by Gasteiger charge is -2.13. The van der Waals surface area contributed by atoms with Crippen LogP contribution >= 0.6 is 11.8 Å². The highest BCUT2D eigenvalue weighted by Gasteiger charge is 2.20. The molecule has 122 valence electrons. The van der Waals surface area contributed by atoms with E-state index in [1.807, 2.05) is 43.5 Å². The van der Waals surface area contributed by atoms with E-state index in [-0.39, 0.29) is 5.91 Å². The maximum atomic E-state index is 12.0. The number of hydrogen-bond acceptors (Lipinski definition) is 4. The van der Waals surface area contributed by atoms with Crippen molar-refractivity contribution in [2.24, 2.45) is 0 Å². The van der Waals surface area contributed by atoms with Crippen molar-refractivity contribution in [3.05, 3.63) is 36.5 Å². The molecule has 23 heavy (non-hydrogen) atoms. The Morgan fingerprint density at radius 2 is 2.00 bits per heavy atom. The maximum absolute atomic E-state index is 12.0. The third kappa shape index (κ3) is 4.13. The molecule has 0 aliphatic rings. The molecule has 3 amide bonds. The number of benzene rings is 1. The summed E-state index contributed by atoms with van der Waals surface area (Å²) in [6, 6.07) is 9.48. The molecule has 7 heteroatoms. The molecular formula is C16H20N4O2S. The minimum atomic E-state index is -0.508. The largest absolute Gasteiger partial charge is 0.341 e. The summed E-state index contributed by atoms with van der Waals surface area (Å²) in [5, 5.41) is 4.97. The van der Waals surface area contributed by atoms with Crippen molar-refractivity contribution in [1.29, 1.82) is 0 Å². The number of rotatable bonds is 5. The molecule has 1 heterocycles. The molecule has 2 aromatic rings. The number of urea groups is 1. The first-order valence-electron chi connectivity index (χ1n) is 7.37. The zero-order chi connectivity index (χ0) is 16.8. The second-order valence-corrected chi connectivity index (χ2v) is 6.17. The van der Waals surface area contributed by atoms with E-state index in [9.17, 15) is 9.59 Å².